The molecule has 1 aromatic heterocycles. The smallest absolute Gasteiger partial charge is 0.174 e. The van der Waals surface area contributed by atoms with Crippen LogP contribution in [0.3, 0.4) is 0 Å². The molecular formula is C14H22N2O. The Kier molecular flexibility index (Phi) is 5.01. The summed E-state index contributed by atoms with van der Waals surface area (Å²) in [5.74, 6) is 1.36. The second-order valence-corrected chi connectivity index (χ2v) is 4.75. The largest absolute Gasteiger partial charge is 0.380 e. The van der Waals surface area contributed by atoms with Crippen LogP contribution in [-0.4, -0.2) is 5.16 Å². The normalized spacial score (nSPS) is 10.4. The molecule has 2 rings (SSSR count). The van der Waals surface area contributed by atoms with Crippen LogP contribution in [0.15, 0.2) is 22.7 Å². The van der Waals surface area contributed by atoms with E-state index in [0.29, 0.717) is 5.82 Å². The number of nitrogens with zero attached hydrogens (tertiary/aromatic N) is 1. The summed E-state index contributed by atoms with van der Waals surface area (Å²) in [4.78, 5) is 0. The average Bonchev–Trinajstić information content (AvgIpc) is 2.61. The van der Waals surface area contributed by atoms with Crippen molar-refractivity contribution >= 4 is 16.8 Å². The Morgan fingerprint density at radius 2 is 2.06 bits per heavy atom. The van der Waals surface area contributed by atoms with Crippen molar-refractivity contribution in [3.63, 3.8) is 0 Å². The second kappa shape index (κ2) is 6.28. The van der Waals surface area contributed by atoms with Crippen LogP contribution in [0.5, 0.6) is 0 Å². The van der Waals surface area contributed by atoms with Gasteiger partial charge in [0.2, 0.25) is 0 Å². The van der Waals surface area contributed by atoms with Crippen molar-refractivity contribution in [1.29, 1.82) is 0 Å². The fraction of sp³-hybridized carbons (Fsp3) is 0.500. The lowest BCUT2D eigenvalue weighted by molar-refractivity contribution is 0.460. The molecule has 0 saturated carbocycles. The molecule has 0 aliphatic heterocycles. The van der Waals surface area contributed by atoms with Crippen molar-refractivity contribution in [2.24, 2.45) is 5.92 Å². The van der Waals surface area contributed by atoms with Crippen LogP contribution in [0, 0.1) is 12.8 Å². The quantitative estimate of drug-likeness (QED) is 0.848. The Hall–Kier alpha value is -1.51. The average molecular weight is 234 g/mol. The van der Waals surface area contributed by atoms with E-state index in [0.717, 1.165) is 22.5 Å². The molecule has 0 saturated heterocycles. The molecule has 1 heterocycles. The number of aromatic nitrogens is 1. The monoisotopic (exact) mass is 234 g/mol. The lowest BCUT2D eigenvalue weighted by atomic mass is 10.1. The molecule has 0 fully saturated rings. The molecule has 3 nitrogen and oxygen atoms in total. The summed E-state index contributed by atoms with van der Waals surface area (Å²) < 4.78 is 4.93. The van der Waals surface area contributed by atoms with Crippen molar-refractivity contribution in [3.8, 4) is 0 Å². The Balaban J connectivity index is 0.000000209. The van der Waals surface area contributed by atoms with Gasteiger partial charge < -0.3 is 10.3 Å². The summed E-state index contributed by atoms with van der Waals surface area (Å²) in [6.45, 7) is 8.74. The van der Waals surface area contributed by atoms with Gasteiger partial charge in [-0.3, -0.25) is 0 Å². The molecule has 2 N–H and O–H groups in total. The summed E-state index contributed by atoms with van der Waals surface area (Å²) >= 11 is 0. The van der Waals surface area contributed by atoms with Crippen molar-refractivity contribution in [2.75, 3.05) is 5.73 Å². The highest BCUT2D eigenvalue weighted by Gasteiger charge is 2.02. The van der Waals surface area contributed by atoms with Gasteiger partial charge in [0, 0.05) is 0 Å². The minimum absolute atomic E-state index is 0.462. The van der Waals surface area contributed by atoms with Crippen LogP contribution in [0.4, 0.5) is 5.82 Å². The van der Waals surface area contributed by atoms with Crippen molar-refractivity contribution in [3.05, 3.63) is 23.8 Å². The van der Waals surface area contributed by atoms with Gasteiger partial charge in [0.25, 0.3) is 0 Å². The maximum absolute atomic E-state index is 5.54. The molecule has 0 atom stereocenters. The van der Waals surface area contributed by atoms with E-state index < -0.39 is 0 Å². The lowest BCUT2D eigenvalue weighted by Crippen LogP contribution is -1.83. The molecule has 0 aliphatic carbocycles. The third kappa shape index (κ3) is 4.10. The summed E-state index contributed by atoms with van der Waals surface area (Å²) in [7, 11) is 0. The summed E-state index contributed by atoms with van der Waals surface area (Å²) in [5, 5.41) is 4.53. The standard InChI is InChI=1S/C8H8N2O.C6H14/c1-5-2-3-7-6(4-5)8(9)10-11-7;1-4-5-6(2)3/h2-4H,1H3,(H2,9,10);6H,4-5H2,1-3H3. The number of anilines is 1. The Bertz CT molecular complexity index is 460. The third-order valence-electron chi connectivity index (χ3n) is 2.52. The van der Waals surface area contributed by atoms with E-state index >= 15 is 0 Å². The zero-order chi connectivity index (χ0) is 12.8. The third-order valence-corrected chi connectivity index (χ3v) is 2.52. The van der Waals surface area contributed by atoms with Crippen LogP contribution in [0.1, 0.15) is 39.2 Å². The highest BCUT2D eigenvalue weighted by Crippen LogP contribution is 2.20. The van der Waals surface area contributed by atoms with E-state index in [4.69, 9.17) is 10.3 Å². The molecule has 0 bridgehead atoms. The summed E-state index contributed by atoms with van der Waals surface area (Å²) in [5.41, 5.74) is 7.44. The van der Waals surface area contributed by atoms with Crippen LogP contribution in [0.2, 0.25) is 0 Å². The van der Waals surface area contributed by atoms with Gasteiger partial charge in [-0.05, 0) is 25.0 Å². The number of nitrogen functional groups attached to an aromatic ring is 1. The SMILES string of the molecule is CCCC(C)C.Cc1ccc2onc(N)c2c1. The van der Waals surface area contributed by atoms with E-state index in [-0.39, 0.29) is 0 Å². The molecular weight excluding hydrogens is 212 g/mol. The first-order valence-corrected chi connectivity index (χ1v) is 6.16. The fourth-order valence-electron chi connectivity index (χ4n) is 1.65. The Morgan fingerprint density at radius 3 is 2.59 bits per heavy atom. The van der Waals surface area contributed by atoms with Gasteiger partial charge in [0.15, 0.2) is 11.4 Å². The van der Waals surface area contributed by atoms with E-state index in [9.17, 15) is 0 Å². The number of fused-ring (bicyclic) bond motifs is 1. The Morgan fingerprint density at radius 1 is 1.35 bits per heavy atom. The molecule has 94 valence electrons. The number of rotatable bonds is 2. The number of nitrogens with two attached hydrogens (primary N) is 1. The maximum Gasteiger partial charge on any atom is 0.174 e. The number of hydrogen-bond donors (Lipinski definition) is 1. The number of benzene rings is 1. The number of hydrogen-bond acceptors (Lipinski definition) is 3. The van der Waals surface area contributed by atoms with E-state index in [1.54, 1.807) is 0 Å². The molecule has 0 radical (unpaired) electrons. The zero-order valence-corrected chi connectivity index (χ0v) is 11.2. The van der Waals surface area contributed by atoms with Crippen LogP contribution in [-0.2, 0) is 0 Å². The van der Waals surface area contributed by atoms with Gasteiger partial charge in [-0.15, -0.1) is 0 Å². The van der Waals surface area contributed by atoms with E-state index in [2.05, 4.69) is 25.9 Å². The second-order valence-electron chi connectivity index (χ2n) is 4.75. The van der Waals surface area contributed by atoms with Gasteiger partial charge in [-0.1, -0.05) is 50.4 Å². The molecule has 0 unspecified atom stereocenters. The first-order chi connectivity index (χ1) is 8.04. The van der Waals surface area contributed by atoms with Crippen LogP contribution in [0.25, 0.3) is 11.0 Å². The zero-order valence-electron chi connectivity index (χ0n) is 11.2. The molecule has 0 amide bonds. The van der Waals surface area contributed by atoms with Gasteiger partial charge >= 0.3 is 0 Å². The lowest BCUT2D eigenvalue weighted by Gasteiger charge is -1.95. The van der Waals surface area contributed by atoms with Crippen LogP contribution >= 0.6 is 0 Å². The molecule has 3 heteroatoms. The highest BCUT2D eigenvalue weighted by atomic mass is 16.5. The summed E-state index contributed by atoms with van der Waals surface area (Å²) in [6, 6.07) is 5.79. The van der Waals surface area contributed by atoms with Crippen molar-refractivity contribution in [2.45, 2.75) is 40.5 Å². The maximum atomic E-state index is 5.54. The minimum Gasteiger partial charge on any atom is -0.380 e. The molecule has 0 spiro atoms. The summed E-state index contributed by atoms with van der Waals surface area (Å²) in [6.07, 6.45) is 2.71. The first kappa shape index (κ1) is 13.6. The van der Waals surface area contributed by atoms with Crippen LogP contribution < -0.4 is 5.73 Å². The Labute approximate surface area is 103 Å². The fourth-order valence-corrected chi connectivity index (χ4v) is 1.65. The van der Waals surface area contributed by atoms with Gasteiger partial charge in [-0.25, -0.2) is 0 Å². The van der Waals surface area contributed by atoms with Crippen molar-refractivity contribution < 1.29 is 4.52 Å². The van der Waals surface area contributed by atoms with Gasteiger partial charge in [0.05, 0.1) is 5.39 Å². The predicted molar refractivity (Wildman–Crippen MR) is 72.9 cm³/mol. The van der Waals surface area contributed by atoms with E-state index in [1.165, 1.54) is 12.8 Å². The molecule has 17 heavy (non-hydrogen) atoms. The highest BCUT2D eigenvalue weighted by molar-refractivity contribution is 5.87. The topological polar surface area (TPSA) is 52.0 Å². The minimum atomic E-state index is 0.462. The molecule has 0 aliphatic rings. The first-order valence-electron chi connectivity index (χ1n) is 6.16. The van der Waals surface area contributed by atoms with Gasteiger partial charge in [0.1, 0.15) is 0 Å². The van der Waals surface area contributed by atoms with Crippen molar-refractivity contribution in [1.82, 2.24) is 5.16 Å². The molecule has 1 aromatic carbocycles. The number of aryl methyl sites for hydroxylation is 1. The predicted octanol–water partition coefficient (Wildman–Crippen LogP) is 4.16. The van der Waals surface area contributed by atoms with E-state index in [1.807, 2.05) is 25.1 Å². The van der Waals surface area contributed by atoms with Gasteiger partial charge in [-0.2, -0.15) is 0 Å². The molecule has 2 aromatic rings.